The Morgan fingerprint density at radius 3 is 2.75 bits per heavy atom. The molecule has 28 heavy (non-hydrogen) atoms. The van der Waals surface area contributed by atoms with Gasteiger partial charge in [-0.15, -0.1) is 16.8 Å². The van der Waals surface area contributed by atoms with Crippen LogP contribution in [0.3, 0.4) is 0 Å². The van der Waals surface area contributed by atoms with Crippen LogP contribution in [0.4, 0.5) is 0 Å². The highest BCUT2D eigenvalue weighted by Crippen LogP contribution is 2.23. The van der Waals surface area contributed by atoms with Gasteiger partial charge in [-0.1, -0.05) is 42.1 Å². The van der Waals surface area contributed by atoms with Crippen LogP contribution in [0.5, 0.6) is 0 Å². The highest BCUT2D eigenvalue weighted by atomic mass is 32.2. The zero-order valence-electron chi connectivity index (χ0n) is 15.8. The minimum absolute atomic E-state index is 0.0165. The molecule has 0 atom stereocenters. The van der Waals surface area contributed by atoms with Crippen LogP contribution >= 0.6 is 11.8 Å². The smallest absolute Gasteiger partial charge is 0.230 e. The first-order valence-electron chi connectivity index (χ1n) is 9.07. The Kier molecular flexibility index (Phi) is 6.97. The molecule has 3 aromatic rings. The first-order valence-corrected chi connectivity index (χ1v) is 10.1. The molecule has 1 N–H and O–H groups in total. The van der Waals surface area contributed by atoms with Crippen molar-refractivity contribution in [2.45, 2.75) is 25.0 Å². The van der Waals surface area contributed by atoms with E-state index in [-0.39, 0.29) is 5.91 Å². The summed E-state index contributed by atoms with van der Waals surface area (Å²) in [6.07, 6.45) is 6.05. The van der Waals surface area contributed by atoms with Crippen molar-refractivity contribution in [3.63, 3.8) is 0 Å². The van der Waals surface area contributed by atoms with Crippen LogP contribution in [0.25, 0.3) is 11.4 Å². The average molecular weight is 394 g/mol. The minimum Gasteiger partial charge on any atom is -0.355 e. The zero-order chi connectivity index (χ0) is 19.8. The summed E-state index contributed by atoms with van der Waals surface area (Å²) in [5.74, 6) is 1.02. The van der Waals surface area contributed by atoms with Crippen molar-refractivity contribution < 1.29 is 4.79 Å². The summed E-state index contributed by atoms with van der Waals surface area (Å²) in [6, 6.07) is 12.0. The second-order valence-corrected chi connectivity index (χ2v) is 7.20. The first kappa shape index (κ1) is 19.8. The number of aryl methyl sites for hydroxylation is 1. The van der Waals surface area contributed by atoms with Gasteiger partial charge >= 0.3 is 0 Å². The third-order valence-corrected chi connectivity index (χ3v) is 5.24. The van der Waals surface area contributed by atoms with Gasteiger partial charge in [0.2, 0.25) is 5.91 Å². The summed E-state index contributed by atoms with van der Waals surface area (Å²) in [7, 11) is 0. The SMILES string of the molecule is C=CCn1c(SCC(=O)NCCc2ccccc2C)nnc1-c1ccncc1. The van der Waals surface area contributed by atoms with Crippen LogP contribution in [-0.4, -0.2) is 38.0 Å². The fourth-order valence-electron chi connectivity index (χ4n) is 2.81. The molecule has 0 radical (unpaired) electrons. The van der Waals surface area contributed by atoms with Crippen molar-refractivity contribution in [1.29, 1.82) is 0 Å². The number of nitrogens with one attached hydrogen (secondary N) is 1. The largest absolute Gasteiger partial charge is 0.355 e. The highest BCUT2D eigenvalue weighted by Gasteiger charge is 2.14. The molecule has 2 heterocycles. The Bertz CT molecular complexity index is 939. The van der Waals surface area contributed by atoms with Gasteiger partial charge in [0.25, 0.3) is 0 Å². The summed E-state index contributed by atoms with van der Waals surface area (Å²) < 4.78 is 1.95. The van der Waals surface area contributed by atoms with E-state index in [1.165, 1.54) is 22.9 Å². The van der Waals surface area contributed by atoms with Crippen molar-refractivity contribution in [3.8, 4) is 11.4 Å². The summed E-state index contributed by atoms with van der Waals surface area (Å²) in [6.45, 7) is 7.08. The lowest BCUT2D eigenvalue weighted by Crippen LogP contribution is -2.27. The van der Waals surface area contributed by atoms with E-state index < -0.39 is 0 Å². The molecule has 6 nitrogen and oxygen atoms in total. The predicted molar refractivity (Wildman–Crippen MR) is 112 cm³/mol. The lowest BCUT2D eigenvalue weighted by atomic mass is 10.1. The Hall–Kier alpha value is -2.93. The summed E-state index contributed by atoms with van der Waals surface area (Å²) in [5.41, 5.74) is 3.43. The van der Waals surface area contributed by atoms with Crippen LogP contribution in [0.1, 0.15) is 11.1 Å². The number of aromatic nitrogens is 4. The number of carbonyl (C=O) groups excluding carboxylic acids is 1. The molecule has 3 rings (SSSR count). The van der Waals surface area contributed by atoms with E-state index in [0.717, 1.165) is 17.8 Å². The maximum Gasteiger partial charge on any atom is 0.230 e. The second-order valence-electron chi connectivity index (χ2n) is 6.26. The normalized spacial score (nSPS) is 10.6. The van der Waals surface area contributed by atoms with Gasteiger partial charge in [-0.05, 0) is 36.6 Å². The number of hydrogen-bond donors (Lipinski definition) is 1. The summed E-state index contributed by atoms with van der Waals surface area (Å²) >= 11 is 1.37. The van der Waals surface area contributed by atoms with Crippen molar-refractivity contribution in [2.24, 2.45) is 0 Å². The van der Waals surface area contributed by atoms with Crippen molar-refractivity contribution >= 4 is 17.7 Å². The second kappa shape index (κ2) is 9.85. The molecular formula is C21H23N5OS. The fraction of sp³-hybridized carbons (Fsp3) is 0.238. The number of carbonyl (C=O) groups is 1. The molecule has 0 aliphatic rings. The maximum absolute atomic E-state index is 12.2. The van der Waals surface area contributed by atoms with E-state index in [9.17, 15) is 4.79 Å². The van der Waals surface area contributed by atoms with Gasteiger partial charge in [0.1, 0.15) is 0 Å². The number of rotatable bonds is 9. The summed E-state index contributed by atoms with van der Waals surface area (Å²) in [4.78, 5) is 16.3. The molecule has 0 unspecified atom stereocenters. The molecular weight excluding hydrogens is 370 g/mol. The Morgan fingerprint density at radius 1 is 1.21 bits per heavy atom. The van der Waals surface area contributed by atoms with Crippen LogP contribution in [0.15, 0.2) is 66.6 Å². The predicted octanol–water partition coefficient (Wildman–Crippen LogP) is 3.29. The van der Waals surface area contributed by atoms with Gasteiger partial charge in [-0.3, -0.25) is 14.3 Å². The quantitative estimate of drug-likeness (QED) is 0.446. The van der Waals surface area contributed by atoms with Crippen molar-refractivity contribution in [3.05, 3.63) is 72.6 Å². The number of nitrogens with zero attached hydrogens (tertiary/aromatic N) is 4. The molecule has 0 aliphatic carbocycles. The third kappa shape index (κ3) is 5.07. The van der Waals surface area contributed by atoms with Gasteiger partial charge < -0.3 is 5.32 Å². The van der Waals surface area contributed by atoms with Crippen LogP contribution < -0.4 is 5.32 Å². The van der Waals surface area contributed by atoms with Gasteiger partial charge in [-0.2, -0.15) is 0 Å². The Labute approximate surface area is 169 Å². The zero-order valence-corrected chi connectivity index (χ0v) is 16.7. The molecule has 0 spiro atoms. The standard InChI is InChI=1S/C21H23N5OS/c1-3-14-26-20(18-8-11-22-12-9-18)24-25-21(26)28-15-19(27)23-13-10-17-7-5-4-6-16(17)2/h3-9,11-12H,1,10,13-15H2,2H3,(H,23,27). The van der Waals surface area contributed by atoms with Gasteiger partial charge in [-0.25, -0.2) is 0 Å². The number of thioether (sulfide) groups is 1. The molecule has 1 aromatic carbocycles. The third-order valence-electron chi connectivity index (χ3n) is 4.28. The van der Waals surface area contributed by atoms with Crippen molar-refractivity contribution in [2.75, 3.05) is 12.3 Å². The molecule has 2 aromatic heterocycles. The molecule has 0 saturated carbocycles. The van der Waals surface area contributed by atoms with Crippen LogP contribution in [0.2, 0.25) is 0 Å². The van der Waals surface area contributed by atoms with Gasteiger partial charge in [0.05, 0.1) is 5.75 Å². The Balaban J connectivity index is 1.56. The molecule has 7 heteroatoms. The van der Waals surface area contributed by atoms with Gasteiger partial charge in [0.15, 0.2) is 11.0 Å². The van der Waals surface area contributed by atoms with E-state index in [1.54, 1.807) is 18.5 Å². The van der Waals surface area contributed by atoms with E-state index >= 15 is 0 Å². The molecule has 0 bridgehead atoms. The molecule has 0 saturated heterocycles. The number of hydrogen-bond acceptors (Lipinski definition) is 5. The van der Waals surface area contributed by atoms with E-state index in [1.807, 2.05) is 28.8 Å². The lowest BCUT2D eigenvalue weighted by Gasteiger charge is -2.09. The minimum atomic E-state index is -0.0165. The van der Waals surface area contributed by atoms with Crippen LogP contribution in [-0.2, 0) is 17.8 Å². The maximum atomic E-state index is 12.2. The highest BCUT2D eigenvalue weighted by molar-refractivity contribution is 7.99. The lowest BCUT2D eigenvalue weighted by molar-refractivity contribution is -0.118. The number of benzene rings is 1. The topological polar surface area (TPSA) is 72.7 Å². The van der Waals surface area contributed by atoms with Gasteiger partial charge in [0, 0.05) is 31.0 Å². The fourth-order valence-corrected chi connectivity index (χ4v) is 3.59. The molecule has 0 aliphatic heterocycles. The number of allylic oxidation sites excluding steroid dienone is 1. The molecule has 1 amide bonds. The average Bonchev–Trinajstić information content (AvgIpc) is 3.11. The monoisotopic (exact) mass is 393 g/mol. The number of pyridine rings is 1. The van der Waals surface area contributed by atoms with Crippen LogP contribution in [0, 0.1) is 6.92 Å². The van der Waals surface area contributed by atoms with Crippen molar-refractivity contribution in [1.82, 2.24) is 25.1 Å². The molecule has 0 fully saturated rings. The first-order chi connectivity index (χ1) is 13.7. The van der Waals surface area contributed by atoms with E-state index in [0.29, 0.717) is 24.0 Å². The Morgan fingerprint density at radius 2 is 2.00 bits per heavy atom. The van der Waals surface area contributed by atoms with E-state index in [4.69, 9.17) is 0 Å². The van der Waals surface area contributed by atoms with E-state index in [2.05, 4.69) is 46.1 Å². The number of amides is 1. The summed E-state index contributed by atoms with van der Waals surface area (Å²) in [5, 5.41) is 12.2. The molecule has 144 valence electrons.